The third-order valence-corrected chi connectivity index (χ3v) is 5.41. The third kappa shape index (κ3) is 5.96. The normalized spacial score (nSPS) is 10.3. The molecule has 23 heavy (non-hydrogen) atoms. The largest absolute Gasteiger partial charge is 0.357 e. The Balaban J connectivity index is 1.80. The zero-order chi connectivity index (χ0) is 16.7. The number of nitrogens with zero attached hydrogens (tertiary/aromatic N) is 3. The molecule has 0 spiro atoms. The number of carbonyl (C=O) groups is 1. The van der Waals surface area contributed by atoms with Crippen molar-refractivity contribution in [3.05, 3.63) is 47.0 Å². The molecular formula is C15H17BrN4OS2. The Labute approximate surface area is 152 Å². The van der Waals surface area contributed by atoms with Crippen LogP contribution in [0.1, 0.15) is 5.56 Å². The van der Waals surface area contributed by atoms with Gasteiger partial charge in [-0.2, -0.15) is 0 Å². The number of anilines is 1. The van der Waals surface area contributed by atoms with Gasteiger partial charge in [0.2, 0.25) is 11.0 Å². The third-order valence-electron chi connectivity index (χ3n) is 2.88. The number of thioether (sulfide) groups is 1. The van der Waals surface area contributed by atoms with Gasteiger partial charge in [-0.1, -0.05) is 57.2 Å². The molecule has 0 saturated carbocycles. The summed E-state index contributed by atoms with van der Waals surface area (Å²) in [5.41, 5.74) is 1.10. The second-order valence-corrected chi connectivity index (χ2v) is 7.82. The smallest absolute Gasteiger partial charge is 0.233 e. The molecule has 1 heterocycles. The topological polar surface area (TPSA) is 58.1 Å². The maximum atomic E-state index is 12.2. The molecule has 0 aliphatic rings. The first-order chi connectivity index (χ1) is 11.1. The minimum absolute atomic E-state index is 0.0636. The van der Waals surface area contributed by atoms with E-state index in [1.807, 2.05) is 31.3 Å². The molecule has 1 aromatic carbocycles. The number of rotatable bonds is 8. The lowest BCUT2D eigenvalue weighted by molar-refractivity contribution is -0.127. The average Bonchev–Trinajstić information content (AvgIpc) is 3.00. The van der Waals surface area contributed by atoms with Gasteiger partial charge in [0.15, 0.2) is 4.34 Å². The van der Waals surface area contributed by atoms with Gasteiger partial charge >= 0.3 is 0 Å². The van der Waals surface area contributed by atoms with E-state index in [-0.39, 0.29) is 5.91 Å². The van der Waals surface area contributed by atoms with Crippen molar-refractivity contribution in [3.8, 4) is 0 Å². The molecule has 0 radical (unpaired) electrons. The van der Waals surface area contributed by atoms with Gasteiger partial charge in [0.25, 0.3) is 0 Å². The summed E-state index contributed by atoms with van der Waals surface area (Å²) in [6.07, 6.45) is 1.76. The van der Waals surface area contributed by atoms with Gasteiger partial charge in [-0.05, 0) is 17.7 Å². The van der Waals surface area contributed by atoms with E-state index in [2.05, 4.69) is 38.0 Å². The van der Waals surface area contributed by atoms with Crippen LogP contribution < -0.4 is 5.32 Å². The van der Waals surface area contributed by atoms with Crippen LogP contribution in [-0.2, 0) is 11.3 Å². The van der Waals surface area contributed by atoms with Crippen LogP contribution in [0.4, 0.5) is 5.13 Å². The molecule has 0 atom stereocenters. The summed E-state index contributed by atoms with van der Waals surface area (Å²) in [5, 5.41) is 11.9. The van der Waals surface area contributed by atoms with Crippen LogP contribution in [0.2, 0.25) is 0 Å². The molecule has 1 N–H and O–H groups in total. The fourth-order valence-electron chi connectivity index (χ4n) is 1.68. The van der Waals surface area contributed by atoms with Crippen molar-refractivity contribution in [2.24, 2.45) is 0 Å². The summed E-state index contributed by atoms with van der Waals surface area (Å²) in [4.78, 5) is 13.9. The molecule has 0 aliphatic heterocycles. The molecule has 0 fully saturated rings. The van der Waals surface area contributed by atoms with E-state index in [0.29, 0.717) is 18.8 Å². The zero-order valence-corrected chi connectivity index (χ0v) is 15.9. The molecule has 8 heteroatoms. The number of nitrogens with one attached hydrogen (secondary N) is 1. The van der Waals surface area contributed by atoms with Gasteiger partial charge in [0.1, 0.15) is 0 Å². The van der Waals surface area contributed by atoms with Crippen molar-refractivity contribution in [2.75, 3.05) is 24.7 Å². The van der Waals surface area contributed by atoms with Crippen molar-refractivity contribution in [1.82, 2.24) is 15.1 Å². The second kappa shape index (κ2) is 9.05. The van der Waals surface area contributed by atoms with E-state index < -0.39 is 0 Å². The SMILES string of the molecule is C=CCNc1nnc(SCC(=O)N(C)Cc2ccc(Br)cc2)s1. The Kier molecular flexibility index (Phi) is 7.07. The predicted molar refractivity (Wildman–Crippen MR) is 99.9 cm³/mol. The highest BCUT2D eigenvalue weighted by Crippen LogP contribution is 2.25. The Morgan fingerprint density at radius 3 is 2.87 bits per heavy atom. The quantitative estimate of drug-likeness (QED) is 0.529. The molecule has 1 aromatic heterocycles. The lowest BCUT2D eigenvalue weighted by atomic mass is 10.2. The highest BCUT2D eigenvalue weighted by Gasteiger charge is 2.12. The Morgan fingerprint density at radius 1 is 1.43 bits per heavy atom. The fourth-order valence-corrected chi connectivity index (χ4v) is 3.65. The summed E-state index contributed by atoms with van der Waals surface area (Å²) < 4.78 is 1.81. The molecule has 0 saturated heterocycles. The van der Waals surface area contributed by atoms with Crippen LogP contribution in [-0.4, -0.2) is 40.3 Å². The fraction of sp³-hybridized carbons (Fsp3) is 0.267. The molecule has 122 valence electrons. The molecule has 2 aromatic rings. The second-order valence-electron chi connectivity index (χ2n) is 4.71. The van der Waals surface area contributed by atoms with E-state index >= 15 is 0 Å². The van der Waals surface area contributed by atoms with Crippen LogP contribution in [0.15, 0.2) is 45.7 Å². The molecule has 0 unspecified atom stereocenters. The van der Waals surface area contributed by atoms with Crippen molar-refractivity contribution in [1.29, 1.82) is 0 Å². The van der Waals surface area contributed by atoms with Crippen molar-refractivity contribution in [3.63, 3.8) is 0 Å². The lowest BCUT2D eigenvalue weighted by Gasteiger charge is -2.16. The molecule has 0 bridgehead atoms. The minimum atomic E-state index is 0.0636. The maximum absolute atomic E-state index is 12.2. The van der Waals surface area contributed by atoms with Gasteiger partial charge in [-0.25, -0.2) is 0 Å². The monoisotopic (exact) mass is 412 g/mol. The van der Waals surface area contributed by atoms with E-state index in [0.717, 1.165) is 19.5 Å². The minimum Gasteiger partial charge on any atom is -0.357 e. The number of carbonyl (C=O) groups excluding carboxylic acids is 1. The zero-order valence-electron chi connectivity index (χ0n) is 12.7. The standard InChI is InChI=1S/C15H17BrN4OS2/c1-3-8-17-14-18-19-15(23-14)22-10-13(21)20(2)9-11-4-6-12(16)7-5-11/h3-7H,1,8-10H2,2H3,(H,17,18). The molecule has 2 rings (SSSR count). The first kappa shape index (κ1) is 18.0. The number of hydrogen-bond acceptors (Lipinski definition) is 6. The average molecular weight is 413 g/mol. The highest BCUT2D eigenvalue weighted by molar-refractivity contribution is 9.10. The first-order valence-electron chi connectivity index (χ1n) is 6.88. The van der Waals surface area contributed by atoms with Crippen LogP contribution >= 0.6 is 39.0 Å². The van der Waals surface area contributed by atoms with Crippen molar-refractivity contribution in [2.45, 2.75) is 10.9 Å². The van der Waals surface area contributed by atoms with Crippen LogP contribution in [0.3, 0.4) is 0 Å². The highest BCUT2D eigenvalue weighted by atomic mass is 79.9. The van der Waals surface area contributed by atoms with E-state index in [9.17, 15) is 4.79 Å². The van der Waals surface area contributed by atoms with Gasteiger partial charge < -0.3 is 10.2 Å². The summed E-state index contributed by atoms with van der Waals surface area (Å²) in [6, 6.07) is 7.95. The van der Waals surface area contributed by atoms with Crippen molar-refractivity contribution >= 4 is 50.1 Å². The first-order valence-corrected chi connectivity index (χ1v) is 9.47. The van der Waals surface area contributed by atoms with E-state index in [1.165, 1.54) is 23.1 Å². The van der Waals surface area contributed by atoms with Gasteiger partial charge in [0, 0.05) is 24.6 Å². The molecular weight excluding hydrogens is 396 g/mol. The Bertz CT molecular complexity index is 660. The van der Waals surface area contributed by atoms with E-state index in [1.54, 1.807) is 11.0 Å². The number of aromatic nitrogens is 2. The number of halogens is 1. The molecule has 5 nitrogen and oxygen atoms in total. The van der Waals surface area contributed by atoms with E-state index in [4.69, 9.17) is 0 Å². The summed E-state index contributed by atoms with van der Waals surface area (Å²) >= 11 is 6.25. The summed E-state index contributed by atoms with van der Waals surface area (Å²) in [5.74, 6) is 0.414. The van der Waals surface area contributed by atoms with Gasteiger partial charge in [-0.3, -0.25) is 4.79 Å². The lowest BCUT2D eigenvalue weighted by Crippen LogP contribution is -2.27. The Morgan fingerprint density at radius 2 is 2.17 bits per heavy atom. The van der Waals surface area contributed by atoms with Crippen LogP contribution in [0.25, 0.3) is 0 Å². The number of benzene rings is 1. The van der Waals surface area contributed by atoms with Gasteiger partial charge in [-0.15, -0.1) is 16.8 Å². The van der Waals surface area contributed by atoms with Crippen molar-refractivity contribution < 1.29 is 4.79 Å². The van der Waals surface area contributed by atoms with Crippen LogP contribution in [0, 0.1) is 0 Å². The molecule has 0 aliphatic carbocycles. The van der Waals surface area contributed by atoms with Gasteiger partial charge in [0.05, 0.1) is 5.75 Å². The predicted octanol–water partition coefficient (Wildman–Crippen LogP) is 3.65. The van der Waals surface area contributed by atoms with Crippen LogP contribution in [0.5, 0.6) is 0 Å². The molecule has 1 amide bonds. The maximum Gasteiger partial charge on any atom is 0.233 e. The number of amides is 1. The summed E-state index contributed by atoms with van der Waals surface area (Å²) in [7, 11) is 1.81. The summed E-state index contributed by atoms with van der Waals surface area (Å²) in [6.45, 7) is 4.88. The number of hydrogen-bond donors (Lipinski definition) is 1. The Hall–Kier alpha value is -1.38.